The summed E-state index contributed by atoms with van der Waals surface area (Å²) in [5, 5.41) is 2.24. The molecule has 3 aromatic carbocycles. The van der Waals surface area contributed by atoms with E-state index in [9.17, 15) is 14.4 Å². The van der Waals surface area contributed by atoms with Gasteiger partial charge in [0.15, 0.2) is 11.5 Å². The van der Waals surface area contributed by atoms with Crippen LogP contribution in [0.2, 0.25) is 0 Å². The van der Waals surface area contributed by atoms with E-state index in [2.05, 4.69) is 27.9 Å². The van der Waals surface area contributed by atoms with Crippen molar-refractivity contribution < 1.29 is 23.9 Å². The Kier molecular flexibility index (Phi) is 7.50. The number of imide groups is 2. The lowest BCUT2D eigenvalue weighted by Gasteiger charge is -2.26. The van der Waals surface area contributed by atoms with Crippen LogP contribution in [0.3, 0.4) is 0 Å². The SMILES string of the molecule is CCOc1cc(/C=C2\C(=O)NC(=O)N(c3ccc(C)cc3)C2=O)ccc1OCc1ccc(I)cc1. The number of halogens is 1. The lowest BCUT2D eigenvalue weighted by atomic mass is 10.1. The van der Waals surface area contributed by atoms with Gasteiger partial charge in [-0.1, -0.05) is 35.9 Å². The van der Waals surface area contributed by atoms with Gasteiger partial charge in [-0.05, 0) is 90.0 Å². The molecule has 1 heterocycles. The molecule has 1 aliphatic heterocycles. The standard InChI is InChI=1S/C27H23IN2O5/c1-3-34-24-15-19(8-13-23(24)35-16-18-6-9-20(28)10-7-18)14-22-25(31)29-27(33)30(26(22)32)21-11-4-17(2)5-12-21/h4-15H,3,16H2,1-2H3,(H,29,31,33)/b22-14+. The van der Waals surface area contributed by atoms with Crippen molar-refractivity contribution in [2.24, 2.45) is 0 Å². The predicted octanol–water partition coefficient (Wildman–Crippen LogP) is 5.24. The highest BCUT2D eigenvalue weighted by atomic mass is 127. The number of amides is 4. The molecule has 4 amide bonds. The van der Waals surface area contributed by atoms with E-state index in [1.165, 1.54) is 6.08 Å². The number of carbonyl (C=O) groups is 3. The van der Waals surface area contributed by atoms with E-state index in [0.717, 1.165) is 19.6 Å². The Balaban J connectivity index is 1.60. The number of anilines is 1. The summed E-state index contributed by atoms with van der Waals surface area (Å²) in [6.07, 6.45) is 1.44. The van der Waals surface area contributed by atoms with Gasteiger partial charge in [0, 0.05) is 3.57 Å². The number of carbonyl (C=O) groups excluding carboxylic acids is 3. The second kappa shape index (κ2) is 10.7. The van der Waals surface area contributed by atoms with E-state index < -0.39 is 17.8 Å². The first-order valence-corrected chi connectivity index (χ1v) is 12.1. The van der Waals surface area contributed by atoms with Gasteiger partial charge in [0.1, 0.15) is 12.2 Å². The van der Waals surface area contributed by atoms with Crippen LogP contribution < -0.4 is 19.7 Å². The minimum atomic E-state index is -0.782. The third kappa shape index (κ3) is 5.71. The highest BCUT2D eigenvalue weighted by Crippen LogP contribution is 2.31. The van der Waals surface area contributed by atoms with Crippen LogP contribution in [-0.2, 0) is 16.2 Å². The summed E-state index contributed by atoms with van der Waals surface area (Å²) >= 11 is 2.25. The fourth-order valence-corrected chi connectivity index (χ4v) is 3.86. The first-order valence-electron chi connectivity index (χ1n) is 11.0. The number of benzene rings is 3. The highest BCUT2D eigenvalue weighted by Gasteiger charge is 2.36. The molecule has 1 saturated heterocycles. The Bertz CT molecular complexity index is 1300. The van der Waals surface area contributed by atoms with Gasteiger partial charge < -0.3 is 9.47 Å². The molecule has 1 fully saturated rings. The second-order valence-corrected chi connectivity index (χ2v) is 9.09. The van der Waals surface area contributed by atoms with Crippen molar-refractivity contribution in [2.75, 3.05) is 11.5 Å². The predicted molar refractivity (Wildman–Crippen MR) is 141 cm³/mol. The van der Waals surface area contributed by atoms with Gasteiger partial charge >= 0.3 is 6.03 Å². The lowest BCUT2D eigenvalue weighted by Crippen LogP contribution is -2.54. The van der Waals surface area contributed by atoms with Crippen LogP contribution in [-0.4, -0.2) is 24.5 Å². The molecule has 0 radical (unpaired) electrons. The fourth-order valence-electron chi connectivity index (χ4n) is 3.50. The molecule has 3 aromatic rings. The number of hydrogen-bond acceptors (Lipinski definition) is 5. The number of nitrogens with one attached hydrogen (secondary N) is 1. The number of hydrogen-bond donors (Lipinski definition) is 1. The average Bonchev–Trinajstić information content (AvgIpc) is 2.83. The summed E-state index contributed by atoms with van der Waals surface area (Å²) in [6, 6.07) is 19.3. The Morgan fingerprint density at radius 2 is 1.63 bits per heavy atom. The van der Waals surface area contributed by atoms with Gasteiger partial charge in [-0.15, -0.1) is 0 Å². The first kappa shape index (κ1) is 24.5. The van der Waals surface area contributed by atoms with Gasteiger partial charge in [-0.2, -0.15) is 0 Å². The molecule has 4 rings (SSSR count). The molecule has 0 bridgehead atoms. The van der Waals surface area contributed by atoms with E-state index in [1.54, 1.807) is 42.5 Å². The van der Waals surface area contributed by atoms with Crippen LogP contribution >= 0.6 is 22.6 Å². The summed E-state index contributed by atoms with van der Waals surface area (Å²) in [6.45, 7) is 4.54. The van der Waals surface area contributed by atoms with E-state index in [0.29, 0.717) is 36.0 Å². The van der Waals surface area contributed by atoms with Gasteiger partial charge in [-0.3, -0.25) is 14.9 Å². The highest BCUT2D eigenvalue weighted by molar-refractivity contribution is 14.1. The third-order valence-electron chi connectivity index (χ3n) is 5.28. The van der Waals surface area contributed by atoms with Crippen molar-refractivity contribution in [3.63, 3.8) is 0 Å². The lowest BCUT2D eigenvalue weighted by molar-refractivity contribution is -0.122. The van der Waals surface area contributed by atoms with Crippen molar-refractivity contribution in [3.8, 4) is 11.5 Å². The molecule has 0 aliphatic carbocycles. The zero-order valence-corrected chi connectivity index (χ0v) is 21.4. The molecule has 8 heteroatoms. The number of urea groups is 1. The number of nitrogens with zero attached hydrogens (tertiary/aromatic N) is 1. The zero-order valence-electron chi connectivity index (χ0n) is 19.2. The topological polar surface area (TPSA) is 84.9 Å². The normalized spacial score (nSPS) is 14.8. The van der Waals surface area contributed by atoms with Crippen LogP contribution in [0.4, 0.5) is 10.5 Å². The maximum Gasteiger partial charge on any atom is 0.335 e. The van der Waals surface area contributed by atoms with E-state index in [4.69, 9.17) is 9.47 Å². The largest absolute Gasteiger partial charge is 0.490 e. The molecule has 0 aromatic heterocycles. The van der Waals surface area contributed by atoms with Gasteiger partial charge in [0.2, 0.25) is 0 Å². The van der Waals surface area contributed by atoms with Crippen LogP contribution in [0.25, 0.3) is 6.08 Å². The number of rotatable bonds is 7. The molecule has 0 saturated carbocycles. The molecule has 1 N–H and O–H groups in total. The average molecular weight is 582 g/mol. The molecule has 178 valence electrons. The summed E-state index contributed by atoms with van der Waals surface area (Å²) in [7, 11) is 0. The van der Waals surface area contributed by atoms with E-state index in [-0.39, 0.29) is 5.57 Å². The summed E-state index contributed by atoms with van der Waals surface area (Å²) in [5.74, 6) is -0.411. The maximum atomic E-state index is 13.1. The van der Waals surface area contributed by atoms with Crippen molar-refractivity contribution in [1.29, 1.82) is 0 Å². The second-order valence-electron chi connectivity index (χ2n) is 7.85. The van der Waals surface area contributed by atoms with Gasteiger partial charge in [-0.25, -0.2) is 9.69 Å². The fraction of sp³-hybridized carbons (Fsp3) is 0.148. The Morgan fingerprint density at radius 3 is 2.31 bits per heavy atom. The Labute approximate surface area is 216 Å². The minimum absolute atomic E-state index is 0.153. The third-order valence-corrected chi connectivity index (χ3v) is 6.00. The molecule has 0 spiro atoms. The molecular weight excluding hydrogens is 559 g/mol. The van der Waals surface area contributed by atoms with Gasteiger partial charge in [0.05, 0.1) is 12.3 Å². The van der Waals surface area contributed by atoms with Gasteiger partial charge in [0.25, 0.3) is 11.8 Å². The first-order chi connectivity index (χ1) is 16.9. The summed E-state index contributed by atoms with van der Waals surface area (Å²) in [4.78, 5) is 39.0. The zero-order chi connectivity index (χ0) is 24.9. The number of ether oxygens (including phenoxy) is 2. The smallest absolute Gasteiger partial charge is 0.335 e. The van der Waals surface area contributed by atoms with Crippen molar-refractivity contribution in [3.05, 3.63) is 92.6 Å². The van der Waals surface area contributed by atoms with Crippen molar-refractivity contribution in [1.82, 2.24) is 5.32 Å². The minimum Gasteiger partial charge on any atom is -0.490 e. The maximum absolute atomic E-state index is 13.1. The van der Waals surface area contributed by atoms with Crippen LogP contribution in [0.15, 0.2) is 72.3 Å². The van der Waals surface area contributed by atoms with Crippen LogP contribution in [0.1, 0.15) is 23.6 Å². The van der Waals surface area contributed by atoms with Crippen LogP contribution in [0.5, 0.6) is 11.5 Å². The van der Waals surface area contributed by atoms with Crippen molar-refractivity contribution >= 4 is 52.2 Å². The molecular formula is C27H23IN2O5. The van der Waals surface area contributed by atoms with Crippen molar-refractivity contribution in [2.45, 2.75) is 20.5 Å². The molecule has 0 unspecified atom stereocenters. The Morgan fingerprint density at radius 1 is 0.914 bits per heavy atom. The molecule has 35 heavy (non-hydrogen) atoms. The summed E-state index contributed by atoms with van der Waals surface area (Å²) < 4.78 is 12.8. The van der Waals surface area contributed by atoms with Crippen LogP contribution in [0, 0.1) is 10.5 Å². The Hall–Kier alpha value is -3.66. The van der Waals surface area contributed by atoms with E-state index in [1.807, 2.05) is 38.1 Å². The molecule has 0 atom stereocenters. The number of barbiturate groups is 1. The monoisotopic (exact) mass is 582 g/mol. The number of aryl methyl sites for hydroxylation is 1. The van der Waals surface area contributed by atoms with E-state index >= 15 is 0 Å². The molecule has 1 aliphatic rings. The summed E-state index contributed by atoms with van der Waals surface area (Å²) in [5.41, 5.74) is 2.79. The quantitative estimate of drug-likeness (QED) is 0.234. The molecule has 7 nitrogen and oxygen atoms in total.